The van der Waals surface area contributed by atoms with E-state index in [1.165, 1.54) is 16.4 Å². The Morgan fingerprint density at radius 2 is 2.17 bits per heavy atom. The van der Waals surface area contributed by atoms with Crippen molar-refractivity contribution in [3.05, 3.63) is 39.0 Å². The molecule has 12 heteroatoms. The molecule has 0 spiro atoms. The summed E-state index contributed by atoms with van der Waals surface area (Å²) in [6.07, 6.45) is 3.83. The van der Waals surface area contributed by atoms with Crippen LogP contribution in [0.5, 0.6) is 0 Å². The van der Waals surface area contributed by atoms with Crippen LogP contribution >= 0.6 is 27.7 Å². The van der Waals surface area contributed by atoms with Crippen molar-refractivity contribution in [2.75, 3.05) is 5.32 Å². The summed E-state index contributed by atoms with van der Waals surface area (Å²) in [7, 11) is 1.74. The van der Waals surface area contributed by atoms with Gasteiger partial charge in [0.05, 0.1) is 5.69 Å². The van der Waals surface area contributed by atoms with Gasteiger partial charge in [-0.15, -0.1) is 5.10 Å². The summed E-state index contributed by atoms with van der Waals surface area (Å²) in [5, 5.41) is 19.2. The number of fused-ring (bicyclic) bond motifs is 1. The average Bonchev–Trinajstić information content (AvgIpc) is 3.11. The lowest BCUT2D eigenvalue weighted by atomic mass is 10.2. The van der Waals surface area contributed by atoms with Gasteiger partial charge >= 0.3 is 5.69 Å². The summed E-state index contributed by atoms with van der Waals surface area (Å²) in [4.78, 5) is 26.0. The summed E-state index contributed by atoms with van der Waals surface area (Å²) < 4.78 is 5.30. The van der Waals surface area contributed by atoms with Gasteiger partial charge in [0, 0.05) is 29.4 Å². The first-order chi connectivity index (χ1) is 14.0. The number of aryl methyl sites for hydroxylation is 2. The average molecular weight is 479 g/mol. The molecule has 0 unspecified atom stereocenters. The molecule has 152 valence electrons. The number of nitrogens with one attached hydrogen (secondary N) is 1. The van der Waals surface area contributed by atoms with E-state index in [2.05, 4.69) is 41.9 Å². The molecule has 2 aromatic heterocycles. The number of tetrazole rings is 1. The third-order valence-electron chi connectivity index (χ3n) is 4.57. The minimum atomic E-state index is -0.323. The van der Waals surface area contributed by atoms with E-state index in [0.29, 0.717) is 17.4 Å². The Hall–Kier alpha value is -2.47. The molecule has 29 heavy (non-hydrogen) atoms. The minimum absolute atomic E-state index is 0.138. The third-order valence-corrected chi connectivity index (χ3v) is 6.17. The fourth-order valence-corrected chi connectivity index (χ4v) is 4.31. The van der Waals surface area contributed by atoms with Gasteiger partial charge in [0.15, 0.2) is 0 Å². The molecule has 1 N–H and O–H groups in total. The van der Waals surface area contributed by atoms with E-state index in [9.17, 15) is 9.59 Å². The zero-order valence-corrected chi connectivity index (χ0v) is 18.1. The molecule has 3 heterocycles. The number of hydrogen-bond donors (Lipinski definition) is 1. The Morgan fingerprint density at radius 3 is 2.97 bits per heavy atom. The Labute approximate surface area is 178 Å². The van der Waals surface area contributed by atoms with Crippen molar-refractivity contribution < 1.29 is 4.79 Å². The van der Waals surface area contributed by atoms with Gasteiger partial charge in [0.2, 0.25) is 11.1 Å². The van der Waals surface area contributed by atoms with Crippen molar-refractivity contribution >= 4 is 39.3 Å². The van der Waals surface area contributed by atoms with Crippen molar-refractivity contribution in [3.63, 3.8) is 0 Å². The number of anilines is 1. The lowest BCUT2D eigenvalue weighted by Gasteiger charge is -2.10. The molecule has 1 aliphatic rings. The van der Waals surface area contributed by atoms with Crippen LogP contribution in [-0.2, 0) is 31.4 Å². The fraction of sp³-hybridized carbons (Fsp3) is 0.412. The number of aromatic nitrogens is 7. The predicted octanol–water partition coefficient (Wildman–Crippen LogP) is 1.85. The maximum Gasteiger partial charge on any atom is 0.346 e. The smallest absolute Gasteiger partial charge is 0.323 e. The van der Waals surface area contributed by atoms with E-state index < -0.39 is 0 Å². The van der Waals surface area contributed by atoms with Crippen LogP contribution in [0.1, 0.15) is 25.1 Å². The maximum atomic E-state index is 12.7. The van der Waals surface area contributed by atoms with Crippen LogP contribution < -0.4 is 11.0 Å². The van der Waals surface area contributed by atoms with E-state index >= 15 is 0 Å². The van der Waals surface area contributed by atoms with Crippen LogP contribution in [-0.4, -0.2) is 40.5 Å². The van der Waals surface area contributed by atoms with Gasteiger partial charge in [-0.2, -0.15) is 5.10 Å². The first kappa shape index (κ1) is 19.8. The Morgan fingerprint density at radius 1 is 1.31 bits per heavy atom. The molecule has 0 aliphatic carbocycles. The minimum Gasteiger partial charge on any atom is -0.323 e. The molecule has 0 saturated heterocycles. The standard InChI is InChI=1S/C17H19BrN8O2S/c1-24-16(20-22-23-24)29-13-7-6-11(18)9-12(13)19-15(27)10-26-17(28)25-8-4-2-3-5-14(25)21-26/h6-7,9H,2-5,8,10H2,1H3,(H,19,27). The van der Waals surface area contributed by atoms with Gasteiger partial charge in [0.1, 0.15) is 12.4 Å². The number of halogens is 1. The summed E-state index contributed by atoms with van der Waals surface area (Å²) in [5.74, 6) is 0.435. The Bertz CT molecular complexity index is 1110. The highest BCUT2D eigenvalue weighted by Gasteiger charge is 2.18. The number of rotatable bonds is 5. The van der Waals surface area contributed by atoms with Crippen molar-refractivity contribution in [3.8, 4) is 0 Å². The van der Waals surface area contributed by atoms with Gasteiger partial charge < -0.3 is 5.32 Å². The second kappa shape index (κ2) is 8.49. The van der Waals surface area contributed by atoms with E-state index in [1.54, 1.807) is 22.4 Å². The van der Waals surface area contributed by atoms with Gasteiger partial charge in [-0.3, -0.25) is 9.36 Å². The molecular weight excluding hydrogens is 460 g/mol. The van der Waals surface area contributed by atoms with Gasteiger partial charge in [-0.25, -0.2) is 14.2 Å². The van der Waals surface area contributed by atoms with E-state index in [1.807, 2.05) is 12.1 Å². The number of hydrogen-bond acceptors (Lipinski definition) is 7. The van der Waals surface area contributed by atoms with Crippen molar-refractivity contribution in [1.82, 2.24) is 34.6 Å². The first-order valence-corrected chi connectivity index (χ1v) is 10.8. The molecule has 0 fully saturated rings. The highest BCUT2D eigenvalue weighted by molar-refractivity contribution is 9.10. The van der Waals surface area contributed by atoms with Gasteiger partial charge in [0.25, 0.3) is 0 Å². The molecule has 0 saturated carbocycles. The van der Waals surface area contributed by atoms with Gasteiger partial charge in [-0.1, -0.05) is 22.4 Å². The Balaban J connectivity index is 1.52. The molecule has 0 atom stereocenters. The first-order valence-electron chi connectivity index (χ1n) is 9.17. The summed E-state index contributed by atoms with van der Waals surface area (Å²) in [6.45, 7) is 0.523. The number of benzene rings is 1. The second-order valence-corrected chi connectivity index (χ2v) is 8.62. The van der Waals surface area contributed by atoms with Crippen LogP contribution in [0, 0.1) is 0 Å². The molecule has 1 aliphatic heterocycles. The molecule has 3 aromatic rings. The fourth-order valence-electron chi connectivity index (χ4n) is 3.15. The highest BCUT2D eigenvalue weighted by atomic mass is 79.9. The highest BCUT2D eigenvalue weighted by Crippen LogP contribution is 2.33. The van der Waals surface area contributed by atoms with Gasteiger partial charge in [-0.05, 0) is 53.2 Å². The zero-order valence-electron chi connectivity index (χ0n) is 15.7. The quantitative estimate of drug-likeness (QED) is 0.594. The second-order valence-electron chi connectivity index (χ2n) is 6.69. The molecule has 0 bridgehead atoms. The summed E-state index contributed by atoms with van der Waals surface area (Å²) >= 11 is 4.76. The SMILES string of the molecule is Cn1nnnc1Sc1ccc(Br)cc1NC(=O)Cn1nc2n(c1=O)CCCCC2. The van der Waals surface area contributed by atoms with Crippen molar-refractivity contribution in [2.24, 2.45) is 7.05 Å². The summed E-state index contributed by atoms with van der Waals surface area (Å²) in [6, 6.07) is 5.54. The zero-order chi connectivity index (χ0) is 20.4. The monoisotopic (exact) mass is 478 g/mol. The van der Waals surface area contributed by atoms with Crippen LogP contribution in [0.25, 0.3) is 0 Å². The largest absolute Gasteiger partial charge is 0.346 e. The molecule has 1 amide bonds. The van der Waals surface area contributed by atoms with Crippen LogP contribution in [0.3, 0.4) is 0 Å². The number of carbonyl (C=O) groups is 1. The lowest BCUT2D eigenvalue weighted by molar-refractivity contribution is -0.117. The van der Waals surface area contributed by atoms with Crippen molar-refractivity contribution in [2.45, 2.75) is 48.8 Å². The predicted molar refractivity (Wildman–Crippen MR) is 110 cm³/mol. The normalized spacial score (nSPS) is 13.7. The van der Waals surface area contributed by atoms with E-state index in [0.717, 1.165) is 40.9 Å². The topological polar surface area (TPSA) is 113 Å². The third kappa shape index (κ3) is 4.42. The molecule has 1 aromatic carbocycles. The molecule has 4 rings (SSSR count). The molecule has 10 nitrogen and oxygen atoms in total. The lowest BCUT2D eigenvalue weighted by Crippen LogP contribution is -2.30. The van der Waals surface area contributed by atoms with Crippen LogP contribution in [0.4, 0.5) is 5.69 Å². The molecule has 0 radical (unpaired) electrons. The van der Waals surface area contributed by atoms with Crippen molar-refractivity contribution in [1.29, 1.82) is 0 Å². The Kier molecular flexibility index (Phi) is 5.81. The maximum absolute atomic E-state index is 12.7. The molecular formula is C17H19BrN8O2S. The van der Waals surface area contributed by atoms with E-state index in [-0.39, 0.29) is 18.1 Å². The number of amides is 1. The van der Waals surface area contributed by atoms with E-state index in [4.69, 9.17) is 0 Å². The number of nitrogens with zero attached hydrogens (tertiary/aromatic N) is 7. The van der Waals surface area contributed by atoms with Crippen LogP contribution in [0.2, 0.25) is 0 Å². The summed E-state index contributed by atoms with van der Waals surface area (Å²) in [5.41, 5.74) is 0.372. The number of carbonyl (C=O) groups excluding carboxylic acids is 1. The van der Waals surface area contributed by atoms with Crippen LogP contribution in [0.15, 0.2) is 37.5 Å².